The standard InChI is InChI=1S/C28H30F3N3O9/c1-16-22(26(36)37)23(24(27(38)39)25(33-16)28(29,30)31)20-13-17(34(40)41)9-10-21(20)42-12-6-5-11-32-14-18(35)15-43-19-7-3-2-4-8-19/h2-4,7-10,13,18,22-23,32,35H,5-6,11-12,14-15H2,1H3,(H,36,37)(H,38,39). The van der Waals surface area contributed by atoms with E-state index in [1.54, 1.807) is 24.3 Å². The Morgan fingerprint density at radius 1 is 1.12 bits per heavy atom. The van der Waals surface area contributed by atoms with Crippen molar-refractivity contribution in [3.63, 3.8) is 0 Å². The number of nitro groups is 1. The van der Waals surface area contributed by atoms with Crippen molar-refractivity contribution >= 4 is 23.3 Å². The molecule has 1 aliphatic heterocycles. The Balaban J connectivity index is 1.72. The van der Waals surface area contributed by atoms with Crippen LogP contribution in [0.1, 0.15) is 31.2 Å². The van der Waals surface area contributed by atoms with Crippen LogP contribution in [0.4, 0.5) is 18.9 Å². The van der Waals surface area contributed by atoms with E-state index in [1.807, 2.05) is 6.07 Å². The van der Waals surface area contributed by atoms with Crippen molar-refractivity contribution < 1.29 is 52.5 Å². The zero-order valence-electron chi connectivity index (χ0n) is 22.9. The minimum atomic E-state index is -5.24. The number of aliphatic imine (C=N–C) groups is 1. The molecule has 3 rings (SSSR count). The molecule has 1 heterocycles. The Hall–Kier alpha value is -4.50. The molecule has 3 atom stereocenters. The van der Waals surface area contributed by atoms with E-state index in [4.69, 9.17) is 9.47 Å². The van der Waals surface area contributed by atoms with Crippen molar-refractivity contribution in [1.82, 2.24) is 5.32 Å². The molecule has 232 valence electrons. The number of carbonyl (C=O) groups is 2. The van der Waals surface area contributed by atoms with Gasteiger partial charge in [0, 0.05) is 35.9 Å². The maximum Gasteiger partial charge on any atom is 0.433 e. The van der Waals surface area contributed by atoms with Crippen LogP contribution in [0, 0.1) is 16.0 Å². The summed E-state index contributed by atoms with van der Waals surface area (Å²) in [6, 6.07) is 11.9. The van der Waals surface area contributed by atoms with Gasteiger partial charge >= 0.3 is 18.1 Å². The molecule has 0 saturated carbocycles. The number of nitrogens with zero attached hydrogens (tertiary/aromatic N) is 2. The first-order valence-corrected chi connectivity index (χ1v) is 13.1. The topological polar surface area (TPSA) is 181 Å². The molecule has 0 spiro atoms. The second-order valence-electron chi connectivity index (χ2n) is 9.63. The van der Waals surface area contributed by atoms with Gasteiger partial charge in [0.2, 0.25) is 0 Å². The third-order valence-electron chi connectivity index (χ3n) is 6.51. The lowest BCUT2D eigenvalue weighted by atomic mass is 9.75. The van der Waals surface area contributed by atoms with Crippen molar-refractivity contribution in [2.24, 2.45) is 10.9 Å². The zero-order chi connectivity index (χ0) is 31.7. The van der Waals surface area contributed by atoms with Crippen LogP contribution >= 0.6 is 0 Å². The van der Waals surface area contributed by atoms with E-state index < -0.39 is 69.2 Å². The number of aliphatic hydroxyl groups excluding tert-OH is 1. The molecule has 1 aliphatic rings. The number of halogens is 3. The number of nitrogens with one attached hydrogen (secondary N) is 1. The normalized spacial score (nSPS) is 17.7. The fourth-order valence-electron chi connectivity index (χ4n) is 4.56. The molecule has 15 heteroatoms. The molecule has 3 unspecified atom stereocenters. The minimum absolute atomic E-state index is 0.0259. The monoisotopic (exact) mass is 609 g/mol. The molecule has 0 radical (unpaired) electrons. The van der Waals surface area contributed by atoms with Crippen LogP contribution in [-0.2, 0) is 9.59 Å². The number of aliphatic hydroxyl groups is 1. The van der Waals surface area contributed by atoms with Gasteiger partial charge in [-0.05, 0) is 44.5 Å². The van der Waals surface area contributed by atoms with Crippen molar-refractivity contribution in [2.45, 2.75) is 38.0 Å². The van der Waals surface area contributed by atoms with Crippen molar-refractivity contribution in [3.8, 4) is 11.5 Å². The summed E-state index contributed by atoms with van der Waals surface area (Å²) in [7, 11) is 0. The second kappa shape index (κ2) is 14.6. The average molecular weight is 610 g/mol. The van der Waals surface area contributed by atoms with E-state index in [9.17, 15) is 48.2 Å². The predicted octanol–water partition coefficient (Wildman–Crippen LogP) is 3.94. The Morgan fingerprint density at radius 2 is 1.81 bits per heavy atom. The highest BCUT2D eigenvalue weighted by atomic mass is 19.4. The molecule has 0 bridgehead atoms. The summed E-state index contributed by atoms with van der Waals surface area (Å²) in [6.07, 6.45) is -5.10. The highest BCUT2D eigenvalue weighted by Crippen LogP contribution is 2.47. The Morgan fingerprint density at radius 3 is 2.42 bits per heavy atom. The first kappa shape index (κ1) is 33.0. The average Bonchev–Trinajstić information content (AvgIpc) is 2.94. The number of non-ortho nitro benzene ring substituents is 1. The van der Waals surface area contributed by atoms with Crippen LogP contribution in [-0.4, -0.2) is 76.5 Å². The van der Waals surface area contributed by atoms with Crippen LogP contribution in [0.2, 0.25) is 0 Å². The van der Waals surface area contributed by atoms with Crippen LogP contribution in [0.15, 0.2) is 64.8 Å². The summed E-state index contributed by atoms with van der Waals surface area (Å²) in [5.74, 6) is -7.15. The maximum atomic E-state index is 13.8. The number of unbranched alkanes of at least 4 members (excludes halogenated alkanes) is 1. The van der Waals surface area contributed by atoms with Crippen LogP contribution in [0.3, 0.4) is 0 Å². The lowest BCUT2D eigenvalue weighted by Crippen LogP contribution is -2.37. The number of para-hydroxylation sites is 1. The van der Waals surface area contributed by atoms with Crippen molar-refractivity contribution in [1.29, 1.82) is 0 Å². The van der Waals surface area contributed by atoms with E-state index in [-0.39, 0.29) is 25.5 Å². The van der Waals surface area contributed by atoms with Gasteiger partial charge in [0.1, 0.15) is 30.1 Å². The molecule has 0 saturated heterocycles. The molecule has 12 nitrogen and oxygen atoms in total. The van der Waals surface area contributed by atoms with Gasteiger partial charge in [0.15, 0.2) is 5.70 Å². The highest BCUT2D eigenvalue weighted by molar-refractivity contribution is 6.06. The Labute approximate surface area is 243 Å². The van der Waals surface area contributed by atoms with Crippen molar-refractivity contribution in [3.05, 3.63) is 75.5 Å². The van der Waals surface area contributed by atoms with Gasteiger partial charge < -0.3 is 30.1 Å². The van der Waals surface area contributed by atoms with Crippen LogP contribution in [0.5, 0.6) is 11.5 Å². The summed E-state index contributed by atoms with van der Waals surface area (Å²) in [6.45, 7) is 1.77. The number of aliphatic carboxylic acids is 2. The number of allylic oxidation sites excluding steroid dienone is 1. The Kier molecular flexibility index (Phi) is 11.2. The summed E-state index contributed by atoms with van der Waals surface area (Å²) in [5.41, 5.74) is -4.65. The molecule has 0 aliphatic carbocycles. The van der Waals surface area contributed by atoms with Gasteiger partial charge in [-0.25, -0.2) is 4.79 Å². The van der Waals surface area contributed by atoms with Gasteiger partial charge in [0.25, 0.3) is 5.69 Å². The third-order valence-corrected chi connectivity index (χ3v) is 6.51. The Bertz CT molecular complexity index is 1380. The van der Waals surface area contributed by atoms with E-state index in [2.05, 4.69) is 10.3 Å². The maximum absolute atomic E-state index is 13.8. The molecular formula is C28H30F3N3O9. The number of alkyl halides is 3. The van der Waals surface area contributed by atoms with Gasteiger partial charge in [0.05, 0.1) is 17.1 Å². The van der Waals surface area contributed by atoms with E-state index in [1.165, 1.54) is 0 Å². The first-order valence-electron chi connectivity index (χ1n) is 13.1. The summed E-state index contributed by atoms with van der Waals surface area (Å²) >= 11 is 0. The molecule has 4 N–H and O–H groups in total. The summed E-state index contributed by atoms with van der Waals surface area (Å²) in [5, 5.41) is 44.2. The number of rotatable bonds is 15. The molecular weight excluding hydrogens is 579 g/mol. The molecule has 2 aromatic rings. The number of carboxylic acid groups (broad SMARTS) is 2. The minimum Gasteiger partial charge on any atom is -0.493 e. The zero-order valence-corrected chi connectivity index (χ0v) is 22.9. The van der Waals surface area contributed by atoms with E-state index in [0.717, 1.165) is 25.1 Å². The number of ether oxygens (including phenoxy) is 2. The molecule has 43 heavy (non-hydrogen) atoms. The SMILES string of the molecule is CC1=NC(C(F)(F)F)=C(C(=O)O)C(c2cc([N+](=O)[O-])ccc2OCCCCNCC(O)COc2ccccc2)C1C(=O)O. The number of nitro benzene ring substituents is 1. The molecule has 2 aromatic carbocycles. The summed E-state index contributed by atoms with van der Waals surface area (Å²) in [4.78, 5) is 38.1. The lowest BCUT2D eigenvalue weighted by molar-refractivity contribution is -0.385. The molecule has 0 aromatic heterocycles. The largest absolute Gasteiger partial charge is 0.493 e. The van der Waals surface area contributed by atoms with Gasteiger partial charge in [-0.2, -0.15) is 13.2 Å². The van der Waals surface area contributed by atoms with E-state index in [0.29, 0.717) is 25.1 Å². The third kappa shape index (κ3) is 8.75. The first-order chi connectivity index (χ1) is 20.3. The molecule has 0 amide bonds. The van der Waals surface area contributed by atoms with E-state index >= 15 is 0 Å². The van der Waals surface area contributed by atoms with Gasteiger partial charge in [-0.1, -0.05) is 18.2 Å². The lowest BCUT2D eigenvalue weighted by Gasteiger charge is -2.31. The number of hydrogen-bond donors (Lipinski definition) is 4. The van der Waals surface area contributed by atoms with Gasteiger partial charge in [-0.3, -0.25) is 19.9 Å². The summed E-state index contributed by atoms with van der Waals surface area (Å²) < 4.78 is 52.7. The van der Waals surface area contributed by atoms with Gasteiger partial charge in [-0.15, -0.1) is 0 Å². The highest BCUT2D eigenvalue weighted by Gasteiger charge is 2.50. The predicted molar refractivity (Wildman–Crippen MR) is 146 cm³/mol. The number of hydrogen-bond acceptors (Lipinski definition) is 9. The fourth-order valence-corrected chi connectivity index (χ4v) is 4.56. The number of benzene rings is 2. The van der Waals surface area contributed by atoms with Crippen molar-refractivity contribution in [2.75, 3.05) is 26.3 Å². The van der Waals surface area contributed by atoms with Crippen LogP contribution < -0.4 is 14.8 Å². The fraction of sp³-hybridized carbons (Fsp3) is 0.393. The smallest absolute Gasteiger partial charge is 0.433 e. The van der Waals surface area contributed by atoms with Crippen LogP contribution in [0.25, 0.3) is 0 Å². The second-order valence-corrected chi connectivity index (χ2v) is 9.63. The quantitative estimate of drug-likeness (QED) is 0.131. The molecule has 0 fully saturated rings. The number of carboxylic acids is 2.